The molecule has 12 heavy (non-hydrogen) atoms. The van der Waals surface area contributed by atoms with Gasteiger partial charge < -0.3 is 4.85 Å². The second-order valence-electron chi connectivity index (χ2n) is 3.25. The van der Waals surface area contributed by atoms with Crippen molar-refractivity contribution in [3.63, 3.8) is 0 Å². The summed E-state index contributed by atoms with van der Waals surface area (Å²) in [6, 6.07) is 2.13. The molecular weight excluding hydrogens is 166 g/mol. The lowest BCUT2D eigenvalue weighted by Crippen LogP contribution is -2.08. The van der Waals surface area contributed by atoms with E-state index in [2.05, 4.69) is 35.5 Å². The van der Waals surface area contributed by atoms with Crippen LogP contribution < -0.4 is 0 Å². The van der Waals surface area contributed by atoms with E-state index in [0.29, 0.717) is 18.4 Å². The zero-order chi connectivity index (χ0) is 8.97. The van der Waals surface area contributed by atoms with Gasteiger partial charge in [-0.3, -0.25) is 0 Å². The van der Waals surface area contributed by atoms with E-state index >= 15 is 0 Å². The number of hydrogen-bond acceptors (Lipinski definition) is 1. The van der Waals surface area contributed by atoms with Crippen LogP contribution in [-0.4, -0.2) is 6.54 Å². The van der Waals surface area contributed by atoms with Crippen molar-refractivity contribution in [2.45, 2.75) is 19.8 Å². The molecule has 0 aromatic carbocycles. The zero-order valence-electron chi connectivity index (χ0n) is 7.45. The largest absolute Gasteiger partial charge is 0.316 e. The minimum absolute atomic E-state index is 0.425. The van der Waals surface area contributed by atoms with Crippen molar-refractivity contribution in [3.8, 4) is 0 Å². The quantitative estimate of drug-likeness (QED) is 0.626. The molecule has 1 nitrogen and oxygen atoms in total. The maximum absolute atomic E-state index is 6.86. The Labute approximate surface area is 77.9 Å². The van der Waals surface area contributed by atoms with Gasteiger partial charge in [0.15, 0.2) is 0 Å². The van der Waals surface area contributed by atoms with Crippen LogP contribution in [0.5, 0.6) is 0 Å². The predicted molar refractivity (Wildman–Crippen MR) is 53.4 cm³/mol. The summed E-state index contributed by atoms with van der Waals surface area (Å²) >= 11 is 1.71. The topological polar surface area (TPSA) is 4.36 Å². The fourth-order valence-corrected chi connectivity index (χ4v) is 2.01. The fourth-order valence-electron chi connectivity index (χ4n) is 1.29. The van der Waals surface area contributed by atoms with Gasteiger partial charge >= 0.3 is 0 Å². The smallest absolute Gasteiger partial charge is 0.221 e. The lowest BCUT2D eigenvalue weighted by molar-refractivity contribution is 0.527. The molecule has 64 valence electrons. The molecule has 1 atom stereocenters. The summed E-state index contributed by atoms with van der Waals surface area (Å²) in [6.07, 6.45) is 0. The Morgan fingerprint density at radius 1 is 1.58 bits per heavy atom. The average Bonchev–Trinajstić information content (AvgIpc) is 2.51. The highest BCUT2D eigenvalue weighted by Crippen LogP contribution is 2.26. The number of hydrogen-bond donors (Lipinski definition) is 0. The van der Waals surface area contributed by atoms with Crippen LogP contribution in [0, 0.1) is 12.5 Å². The highest BCUT2D eigenvalue weighted by Gasteiger charge is 2.18. The van der Waals surface area contributed by atoms with Crippen LogP contribution in [0.4, 0.5) is 0 Å². The molecule has 2 heteroatoms. The van der Waals surface area contributed by atoms with Crippen molar-refractivity contribution in [3.05, 3.63) is 33.8 Å². The summed E-state index contributed by atoms with van der Waals surface area (Å²) in [5.74, 6) is 0.988. The first-order valence-corrected chi connectivity index (χ1v) is 5.05. The molecule has 1 unspecified atom stereocenters. The Kier molecular flexibility index (Phi) is 3.31. The molecular formula is C10H13NS. The normalized spacial score (nSPS) is 12.8. The zero-order valence-corrected chi connectivity index (χ0v) is 8.27. The van der Waals surface area contributed by atoms with Crippen molar-refractivity contribution in [1.82, 2.24) is 0 Å². The van der Waals surface area contributed by atoms with E-state index in [0.717, 1.165) is 0 Å². The molecule has 1 rings (SSSR count). The summed E-state index contributed by atoms with van der Waals surface area (Å²) < 4.78 is 0. The first-order chi connectivity index (χ1) is 5.75. The van der Waals surface area contributed by atoms with Gasteiger partial charge in [0.2, 0.25) is 6.54 Å². The van der Waals surface area contributed by atoms with Gasteiger partial charge in [-0.25, -0.2) is 6.57 Å². The Balaban J connectivity index is 2.75. The molecule has 0 bridgehead atoms. The van der Waals surface area contributed by atoms with Crippen LogP contribution in [0.3, 0.4) is 0 Å². The molecule has 0 aliphatic carbocycles. The van der Waals surface area contributed by atoms with Gasteiger partial charge in [-0.05, 0) is 28.3 Å². The predicted octanol–water partition coefficient (Wildman–Crippen LogP) is 3.41. The Morgan fingerprint density at radius 3 is 2.75 bits per heavy atom. The number of thiophene rings is 1. The summed E-state index contributed by atoms with van der Waals surface area (Å²) in [6.45, 7) is 11.8. The molecule has 0 aliphatic heterocycles. The van der Waals surface area contributed by atoms with Gasteiger partial charge in [0, 0.05) is 0 Å². The summed E-state index contributed by atoms with van der Waals surface area (Å²) in [4.78, 5) is 3.47. The monoisotopic (exact) mass is 179 g/mol. The van der Waals surface area contributed by atoms with Crippen LogP contribution >= 0.6 is 11.3 Å². The van der Waals surface area contributed by atoms with Crippen LogP contribution in [0.25, 0.3) is 4.85 Å². The van der Waals surface area contributed by atoms with E-state index in [4.69, 9.17) is 6.57 Å². The fraction of sp³-hybridized carbons (Fsp3) is 0.500. The van der Waals surface area contributed by atoms with Crippen molar-refractivity contribution >= 4 is 11.3 Å². The van der Waals surface area contributed by atoms with Gasteiger partial charge in [0.05, 0.1) is 5.92 Å². The van der Waals surface area contributed by atoms with Gasteiger partial charge in [-0.1, -0.05) is 13.8 Å². The van der Waals surface area contributed by atoms with Crippen LogP contribution in [-0.2, 0) is 0 Å². The Hall–Kier alpha value is -0.810. The lowest BCUT2D eigenvalue weighted by Gasteiger charge is -2.13. The first-order valence-electron chi connectivity index (χ1n) is 4.11. The Bertz CT molecular complexity index is 256. The molecule has 1 heterocycles. The van der Waals surface area contributed by atoms with E-state index in [1.807, 2.05) is 0 Å². The molecule has 1 aromatic heterocycles. The van der Waals surface area contributed by atoms with Crippen molar-refractivity contribution < 1.29 is 0 Å². The van der Waals surface area contributed by atoms with E-state index in [1.165, 1.54) is 5.56 Å². The summed E-state index contributed by atoms with van der Waals surface area (Å²) in [7, 11) is 0. The second kappa shape index (κ2) is 4.27. The molecule has 0 N–H and O–H groups in total. The maximum atomic E-state index is 6.86. The minimum Gasteiger partial charge on any atom is -0.316 e. The molecule has 0 fully saturated rings. The van der Waals surface area contributed by atoms with E-state index in [9.17, 15) is 0 Å². The van der Waals surface area contributed by atoms with Gasteiger partial charge in [0.1, 0.15) is 0 Å². The first kappa shape index (κ1) is 9.28. The van der Waals surface area contributed by atoms with Crippen molar-refractivity contribution in [1.29, 1.82) is 0 Å². The standard InChI is InChI=1S/C10H13NS/c1-8(2)10(6-11-3)9-4-5-12-7-9/h4-5,7-8,10H,6H2,1-2H3. The van der Waals surface area contributed by atoms with Crippen LogP contribution in [0.1, 0.15) is 25.3 Å². The van der Waals surface area contributed by atoms with Crippen LogP contribution in [0.15, 0.2) is 16.8 Å². The SMILES string of the molecule is [C-]#[N+]CC(c1ccsc1)C(C)C. The number of rotatable bonds is 3. The molecule has 0 saturated heterocycles. The number of nitrogens with zero attached hydrogens (tertiary/aromatic N) is 1. The third kappa shape index (κ3) is 2.09. The lowest BCUT2D eigenvalue weighted by atomic mass is 9.90. The Morgan fingerprint density at radius 2 is 2.33 bits per heavy atom. The van der Waals surface area contributed by atoms with Crippen molar-refractivity contribution in [2.24, 2.45) is 5.92 Å². The average molecular weight is 179 g/mol. The van der Waals surface area contributed by atoms with Crippen molar-refractivity contribution in [2.75, 3.05) is 6.54 Å². The third-order valence-corrected chi connectivity index (χ3v) is 2.77. The maximum Gasteiger partial charge on any atom is 0.221 e. The molecule has 0 spiro atoms. The van der Waals surface area contributed by atoms with Gasteiger partial charge in [-0.2, -0.15) is 11.3 Å². The van der Waals surface area contributed by atoms with Crippen LogP contribution in [0.2, 0.25) is 0 Å². The highest BCUT2D eigenvalue weighted by molar-refractivity contribution is 7.07. The summed E-state index contributed by atoms with van der Waals surface area (Å²) in [5, 5.41) is 4.23. The minimum atomic E-state index is 0.425. The van der Waals surface area contributed by atoms with E-state index in [-0.39, 0.29) is 0 Å². The molecule has 0 amide bonds. The third-order valence-electron chi connectivity index (χ3n) is 2.06. The molecule has 0 saturated carbocycles. The summed E-state index contributed by atoms with van der Waals surface area (Å²) in [5.41, 5.74) is 1.33. The van der Waals surface area contributed by atoms with Gasteiger partial charge in [-0.15, -0.1) is 0 Å². The molecule has 0 aliphatic rings. The molecule has 0 radical (unpaired) electrons. The molecule has 1 aromatic rings. The highest BCUT2D eigenvalue weighted by atomic mass is 32.1. The second-order valence-corrected chi connectivity index (χ2v) is 4.03. The van der Waals surface area contributed by atoms with E-state index < -0.39 is 0 Å². The van der Waals surface area contributed by atoms with E-state index in [1.54, 1.807) is 11.3 Å². The van der Waals surface area contributed by atoms with Gasteiger partial charge in [0.25, 0.3) is 0 Å².